The number of methoxy groups -OCH3 is 1. The molecule has 0 amide bonds. The van der Waals surface area contributed by atoms with Crippen molar-refractivity contribution in [3.8, 4) is 5.75 Å². The van der Waals surface area contributed by atoms with Gasteiger partial charge in [0.1, 0.15) is 10.6 Å². The summed E-state index contributed by atoms with van der Waals surface area (Å²) in [5, 5.41) is 8.81. The predicted octanol–water partition coefficient (Wildman–Crippen LogP) is 3.17. The molecule has 0 saturated carbocycles. The molecule has 0 aliphatic carbocycles. The molecule has 0 aliphatic heterocycles. The normalized spacial score (nSPS) is 10.4. The molecule has 0 spiro atoms. The van der Waals surface area contributed by atoms with E-state index in [4.69, 9.17) is 14.6 Å². The van der Waals surface area contributed by atoms with E-state index in [1.807, 2.05) is 24.3 Å². The van der Waals surface area contributed by atoms with E-state index in [1.54, 1.807) is 19.2 Å². The largest absolute Gasteiger partial charge is 0.497 e. The van der Waals surface area contributed by atoms with Gasteiger partial charge < -0.3 is 14.6 Å². The Morgan fingerprint density at radius 2 is 2.11 bits per heavy atom. The Morgan fingerprint density at radius 3 is 2.79 bits per heavy atom. The molecule has 100 valence electrons. The fraction of sp³-hybridized carbons (Fsp3) is 0.214. The minimum absolute atomic E-state index is 0.333. The summed E-state index contributed by atoms with van der Waals surface area (Å²) in [6.07, 6.45) is 0. The molecule has 0 radical (unpaired) electrons. The van der Waals surface area contributed by atoms with E-state index in [0.717, 1.165) is 16.2 Å². The van der Waals surface area contributed by atoms with Crippen LogP contribution in [-0.2, 0) is 18.0 Å². The number of rotatable bonds is 6. The lowest BCUT2D eigenvalue weighted by Crippen LogP contribution is -1.93. The minimum Gasteiger partial charge on any atom is -0.497 e. The Hall–Kier alpha value is -1.85. The standard InChI is InChI=1S/C14H14O4S/c1-17-11-4-2-3-10(7-11)8-18-9-12-5-6-13(19-12)14(15)16/h2-7H,8-9H2,1H3,(H,15,16). The van der Waals surface area contributed by atoms with E-state index >= 15 is 0 Å². The molecule has 2 rings (SSSR count). The fourth-order valence-electron chi connectivity index (χ4n) is 1.60. The van der Waals surface area contributed by atoms with E-state index in [-0.39, 0.29) is 0 Å². The molecular weight excluding hydrogens is 264 g/mol. The Morgan fingerprint density at radius 1 is 1.26 bits per heavy atom. The third-order valence-electron chi connectivity index (χ3n) is 2.52. The van der Waals surface area contributed by atoms with E-state index in [2.05, 4.69) is 0 Å². The highest BCUT2D eigenvalue weighted by Gasteiger charge is 2.06. The summed E-state index contributed by atoms with van der Waals surface area (Å²) in [6.45, 7) is 0.882. The van der Waals surface area contributed by atoms with E-state index in [1.165, 1.54) is 11.3 Å². The van der Waals surface area contributed by atoms with Crippen molar-refractivity contribution in [3.63, 3.8) is 0 Å². The second-order valence-electron chi connectivity index (χ2n) is 3.92. The molecule has 1 N–H and O–H groups in total. The quantitative estimate of drug-likeness (QED) is 0.881. The number of hydrogen-bond acceptors (Lipinski definition) is 4. The summed E-state index contributed by atoms with van der Waals surface area (Å²) in [7, 11) is 1.62. The maximum Gasteiger partial charge on any atom is 0.345 e. The second-order valence-corrected chi connectivity index (χ2v) is 5.08. The van der Waals surface area contributed by atoms with Gasteiger partial charge in [-0.05, 0) is 29.8 Å². The lowest BCUT2D eigenvalue weighted by atomic mass is 10.2. The third kappa shape index (κ3) is 3.81. The maximum absolute atomic E-state index is 10.7. The Kier molecular flexibility index (Phi) is 4.54. The van der Waals surface area contributed by atoms with E-state index < -0.39 is 5.97 Å². The topological polar surface area (TPSA) is 55.8 Å². The van der Waals surface area contributed by atoms with Crippen LogP contribution in [0.25, 0.3) is 0 Å². The molecule has 0 aliphatic rings. The summed E-state index contributed by atoms with van der Waals surface area (Å²) >= 11 is 1.23. The van der Waals surface area contributed by atoms with Crippen molar-refractivity contribution in [2.45, 2.75) is 13.2 Å². The molecule has 4 nitrogen and oxygen atoms in total. The molecule has 1 heterocycles. The summed E-state index contributed by atoms with van der Waals surface area (Å²) < 4.78 is 10.7. The molecule has 1 aromatic heterocycles. The molecule has 5 heteroatoms. The van der Waals surface area contributed by atoms with Crippen LogP contribution < -0.4 is 4.74 Å². The SMILES string of the molecule is COc1cccc(COCc2ccc(C(=O)O)s2)c1. The van der Waals surface area contributed by atoms with Crippen LogP contribution in [0.1, 0.15) is 20.1 Å². The summed E-state index contributed by atoms with van der Waals surface area (Å²) in [5.74, 6) is -0.102. The van der Waals surface area contributed by atoms with Crippen LogP contribution in [0.4, 0.5) is 0 Å². The van der Waals surface area contributed by atoms with Crippen molar-refractivity contribution in [2.75, 3.05) is 7.11 Å². The molecule has 0 atom stereocenters. The summed E-state index contributed by atoms with van der Waals surface area (Å²) in [5.41, 5.74) is 1.02. The van der Waals surface area contributed by atoms with E-state index in [9.17, 15) is 4.79 Å². The molecule has 0 bridgehead atoms. The van der Waals surface area contributed by atoms with Crippen LogP contribution in [0, 0.1) is 0 Å². The molecule has 0 saturated heterocycles. The van der Waals surface area contributed by atoms with Crippen molar-refractivity contribution < 1.29 is 19.4 Å². The first-order valence-electron chi connectivity index (χ1n) is 5.71. The van der Waals surface area contributed by atoms with Crippen LogP contribution in [0.3, 0.4) is 0 Å². The number of carboxylic acids is 1. The van der Waals surface area contributed by atoms with Crippen LogP contribution in [0.2, 0.25) is 0 Å². The van der Waals surface area contributed by atoms with Gasteiger partial charge in [0.15, 0.2) is 0 Å². The maximum atomic E-state index is 10.7. The van der Waals surface area contributed by atoms with Gasteiger partial charge in [-0.1, -0.05) is 12.1 Å². The van der Waals surface area contributed by atoms with Crippen molar-refractivity contribution in [1.29, 1.82) is 0 Å². The Labute approximate surface area is 115 Å². The molecule has 0 unspecified atom stereocenters. The van der Waals surface area contributed by atoms with Crippen molar-refractivity contribution in [3.05, 3.63) is 51.7 Å². The van der Waals surface area contributed by atoms with Gasteiger partial charge in [-0.3, -0.25) is 0 Å². The lowest BCUT2D eigenvalue weighted by molar-refractivity contribution is 0.0702. The molecular formula is C14H14O4S. The number of carbonyl (C=O) groups is 1. The van der Waals surface area contributed by atoms with Crippen molar-refractivity contribution in [2.24, 2.45) is 0 Å². The number of benzene rings is 1. The number of carboxylic acid groups (broad SMARTS) is 1. The highest BCUT2D eigenvalue weighted by atomic mass is 32.1. The van der Waals surface area contributed by atoms with Gasteiger partial charge in [0.05, 0.1) is 20.3 Å². The van der Waals surface area contributed by atoms with Crippen LogP contribution >= 0.6 is 11.3 Å². The van der Waals surface area contributed by atoms with Gasteiger partial charge in [-0.25, -0.2) is 4.79 Å². The molecule has 2 aromatic rings. The zero-order valence-corrected chi connectivity index (χ0v) is 11.3. The summed E-state index contributed by atoms with van der Waals surface area (Å²) in [4.78, 5) is 12.0. The van der Waals surface area contributed by atoms with Gasteiger partial charge >= 0.3 is 5.97 Å². The summed E-state index contributed by atoms with van der Waals surface area (Å²) in [6, 6.07) is 11.0. The second kappa shape index (κ2) is 6.36. The average molecular weight is 278 g/mol. The smallest absolute Gasteiger partial charge is 0.345 e. The zero-order chi connectivity index (χ0) is 13.7. The van der Waals surface area contributed by atoms with Gasteiger partial charge in [-0.15, -0.1) is 11.3 Å². The first-order chi connectivity index (χ1) is 9.19. The Bertz CT molecular complexity index is 562. The van der Waals surface area contributed by atoms with Crippen LogP contribution in [-0.4, -0.2) is 18.2 Å². The highest BCUT2D eigenvalue weighted by Crippen LogP contribution is 2.18. The van der Waals surface area contributed by atoms with Gasteiger partial charge in [0, 0.05) is 4.88 Å². The van der Waals surface area contributed by atoms with Gasteiger partial charge in [0.2, 0.25) is 0 Å². The number of ether oxygens (including phenoxy) is 2. The van der Waals surface area contributed by atoms with Crippen molar-refractivity contribution in [1.82, 2.24) is 0 Å². The minimum atomic E-state index is -0.899. The van der Waals surface area contributed by atoms with Crippen molar-refractivity contribution >= 4 is 17.3 Å². The lowest BCUT2D eigenvalue weighted by Gasteiger charge is -2.05. The Balaban J connectivity index is 1.86. The molecule has 1 aromatic carbocycles. The fourth-order valence-corrected chi connectivity index (χ4v) is 2.39. The molecule has 0 fully saturated rings. The number of hydrogen-bond donors (Lipinski definition) is 1. The monoisotopic (exact) mass is 278 g/mol. The predicted molar refractivity (Wildman–Crippen MR) is 72.8 cm³/mol. The highest BCUT2D eigenvalue weighted by molar-refractivity contribution is 7.13. The number of aromatic carboxylic acids is 1. The first kappa shape index (κ1) is 13.6. The van der Waals surface area contributed by atoms with Crippen LogP contribution in [0.5, 0.6) is 5.75 Å². The van der Waals surface area contributed by atoms with Gasteiger partial charge in [0.25, 0.3) is 0 Å². The molecule has 19 heavy (non-hydrogen) atoms. The first-order valence-corrected chi connectivity index (χ1v) is 6.53. The zero-order valence-electron chi connectivity index (χ0n) is 10.5. The van der Waals surface area contributed by atoms with Gasteiger partial charge in [-0.2, -0.15) is 0 Å². The third-order valence-corrected chi connectivity index (χ3v) is 3.57. The number of thiophene rings is 1. The van der Waals surface area contributed by atoms with E-state index in [0.29, 0.717) is 18.1 Å². The average Bonchev–Trinajstić information content (AvgIpc) is 2.88. The van der Waals surface area contributed by atoms with Crippen LogP contribution in [0.15, 0.2) is 36.4 Å².